The molecule has 0 unspecified atom stereocenters. The molecule has 1 nitrogen and oxygen atoms in total. The van der Waals surface area contributed by atoms with Crippen LogP contribution in [0.25, 0.3) is 0 Å². The molecule has 0 aliphatic heterocycles. The van der Waals surface area contributed by atoms with Crippen LogP contribution in [0.3, 0.4) is 0 Å². The Bertz CT molecular complexity index is 315. The minimum atomic E-state index is -0.758. The highest BCUT2D eigenvalue weighted by Crippen LogP contribution is 2.26. The molecule has 0 heterocycles. The van der Waals surface area contributed by atoms with Crippen molar-refractivity contribution in [3.63, 3.8) is 0 Å². The fourth-order valence-corrected chi connectivity index (χ4v) is 1.22. The predicted molar refractivity (Wildman–Crippen MR) is 48.6 cm³/mol. The van der Waals surface area contributed by atoms with E-state index in [1.165, 1.54) is 6.07 Å². The number of rotatable bonds is 2. The minimum absolute atomic E-state index is 0.258. The Morgan fingerprint density at radius 3 is 2.62 bits per heavy atom. The van der Waals surface area contributed by atoms with Gasteiger partial charge in [0.1, 0.15) is 16.7 Å². The molecule has 0 aliphatic rings. The van der Waals surface area contributed by atoms with E-state index in [1.54, 1.807) is 0 Å². The van der Waals surface area contributed by atoms with Crippen LogP contribution in [0.2, 0.25) is 5.02 Å². The van der Waals surface area contributed by atoms with Crippen LogP contribution >= 0.6 is 11.6 Å². The fraction of sp³-hybridized carbons (Fsp3) is 0.333. The third-order valence-corrected chi connectivity index (χ3v) is 2.25. The largest absolute Gasteiger partial charge is 0.324 e. The van der Waals surface area contributed by atoms with Crippen LogP contribution in [0, 0.1) is 11.6 Å². The molecule has 0 aromatic heterocycles. The standard InChI is InChI=1S/C9H10ClF2N/c1-2-7(13)5-3-4-6(11)8(10)9(5)12/h3-4,7H,2,13H2,1H3/t7-/m0/s1. The molecule has 0 saturated heterocycles. The zero-order valence-electron chi connectivity index (χ0n) is 7.15. The van der Waals surface area contributed by atoms with E-state index in [0.29, 0.717) is 6.42 Å². The second kappa shape index (κ2) is 4.03. The lowest BCUT2D eigenvalue weighted by Gasteiger charge is -2.11. The van der Waals surface area contributed by atoms with Crippen molar-refractivity contribution in [3.05, 3.63) is 34.4 Å². The number of benzene rings is 1. The van der Waals surface area contributed by atoms with Crippen molar-refractivity contribution in [1.29, 1.82) is 0 Å². The number of hydrogen-bond acceptors (Lipinski definition) is 1. The molecule has 0 spiro atoms. The molecule has 1 atom stereocenters. The van der Waals surface area contributed by atoms with E-state index in [1.807, 2.05) is 6.92 Å². The second-order valence-electron chi connectivity index (χ2n) is 2.78. The van der Waals surface area contributed by atoms with Crippen LogP contribution in [0.5, 0.6) is 0 Å². The van der Waals surface area contributed by atoms with Gasteiger partial charge >= 0.3 is 0 Å². The maximum atomic E-state index is 13.2. The zero-order valence-corrected chi connectivity index (χ0v) is 7.91. The van der Waals surface area contributed by atoms with Gasteiger partial charge in [-0.25, -0.2) is 8.78 Å². The van der Waals surface area contributed by atoms with Crippen molar-refractivity contribution in [3.8, 4) is 0 Å². The van der Waals surface area contributed by atoms with Gasteiger partial charge in [0.05, 0.1) is 0 Å². The van der Waals surface area contributed by atoms with Gasteiger partial charge in [-0.1, -0.05) is 24.6 Å². The lowest BCUT2D eigenvalue weighted by atomic mass is 10.1. The summed E-state index contributed by atoms with van der Waals surface area (Å²) in [6.07, 6.45) is 0.582. The summed E-state index contributed by atoms with van der Waals surface area (Å²) >= 11 is 5.38. The summed E-state index contributed by atoms with van der Waals surface area (Å²) in [5.41, 5.74) is 5.85. The molecule has 13 heavy (non-hydrogen) atoms. The lowest BCUT2D eigenvalue weighted by molar-refractivity contribution is 0.551. The van der Waals surface area contributed by atoms with Gasteiger partial charge in [0.15, 0.2) is 0 Å². The average Bonchev–Trinajstić information content (AvgIpc) is 2.13. The molecule has 0 bridgehead atoms. The van der Waals surface area contributed by atoms with Gasteiger partial charge < -0.3 is 5.73 Å². The number of halogens is 3. The third kappa shape index (κ3) is 1.98. The molecule has 0 aliphatic carbocycles. The monoisotopic (exact) mass is 205 g/mol. The first-order valence-corrected chi connectivity index (χ1v) is 4.34. The summed E-state index contributed by atoms with van der Waals surface area (Å²) in [5, 5.41) is -0.485. The highest BCUT2D eigenvalue weighted by molar-refractivity contribution is 6.30. The quantitative estimate of drug-likeness (QED) is 0.738. The Kier molecular flexibility index (Phi) is 3.22. The first-order valence-electron chi connectivity index (χ1n) is 3.96. The molecule has 1 rings (SSSR count). The normalized spacial score (nSPS) is 13.0. The van der Waals surface area contributed by atoms with Gasteiger partial charge in [-0.2, -0.15) is 0 Å². The van der Waals surface area contributed by atoms with Gasteiger partial charge in [-0.3, -0.25) is 0 Å². The molecule has 0 saturated carbocycles. The number of hydrogen-bond donors (Lipinski definition) is 1. The Balaban J connectivity index is 3.18. The summed E-state index contributed by atoms with van der Waals surface area (Å²) in [5.74, 6) is -1.51. The van der Waals surface area contributed by atoms with Crippen molar-refractivity contribution in [1.82, 2.24) is 0 Å². The van der Waals surface area contributed by atoms with E-state index in [2.05, 4.69) is 0 Å². The van der Waals surface area contributed by atoms with Crippen LogP contribution in [0.15, 0.2) is 12.1 Å². The highest BCUT2D eigenvalue weighted by Gasteiger charge is 2.15. The van der Waals surface area contributed by atoms with Gasteiger partial charge in [0.25, 0.3) is 0 Å². The van der Waals surface area contributed by atoms with Gasteiger partial charge in [0.2, 0.25) is 0 Å². The minimum Gasteiger partial charge on any atom is -0.324 e. The van der Waals surface area contributed by atoms with E-state index in [-0.39, 0.29) is 5.56 Å². The van der Waals surface area contributed by atoms with Crippen molar-refractivity contribution in [2.45, 2.75) is 19.4 Å². The third-order valence-electron chi connectivity index (χ3n) is 1.90. The van der Waals surface area contributed by atoms with Crippen molar-refractivity contribution in [2.24, 2.45) is 5.73 Å². The molecule has 4 heteroatoms. The van der Waals surface area contributed by atoms with E-state index in [9.17, 15) is 8.78 Å². The molecule has 1 aromatic rings. The Labute approximate surface area is 80.5 Å². The molecule has 0 radical (unpaired) electrons. The summed E-state index contributed by atoms with van der Waals surface area (Å²) in [4.78, 5) is 0. The fourth-order valence-electron chi connectivity index (χ4n) is 1.05. The Morgan fingerprint density at radius 1 is 1.46 bits per heavy atom. The predicted octanol–water partition coefficient (Wildman–Crippen LogP) is 3.03. The summed E-state index contributed by atoms with van der Waals surface area (Å²) in [6, 6.07) is 2.01. The zero-order chi connectivity index (χ0) is 10.0. The summed E-state index contributed by atoms with van der Waals surface area (Å²) < 4.78 is 26.0. The van der Waals surface area contributed by atoms with Crippen LogP contribution in [-0.4, -0.2) is 0 Å². The first-order chi connectivity index (χ1) is 6.07. The van der Waals surface area contributed by atoms with Crippen molar-refractivity contribution < 1.29 is 8.78 Å². The molecule has 1 aromatic carbocycles. The van der Waals surface area contributed by atoms with E-state index in [0.717, 1.165) is 6.07 Å². The summed E-state index contributed by atoms with van der Waals surface area (Å²) in [6.45, 7) is 1.82. The van der Waals surface area contributed by atoms with E-state index in [4.69, 9.17) is 17.3 Å². The van der Waals surface area contributed by atoms with E-state index >= 15 is 0 Å². The van der Waals surface area contributed by atoms with Gasteiger partial charge in [-0.05, 0) is 12.5 Å². The van der Waals surface area contributed by atoms with Crippen LogP contribution in [0.4, 0.5) is 8.78 Å². The highest BCUT2D eigenvalue weighted by atomic mass is 35.5. The summed E-state index contributed by atoms with van der Waals surface area (Å²) in [7, 11) is 0. The van der Waals surface area contributed by atoms with Gasteiger partial charge in [-0.15, -0.1) is 0 Å². The van der Waals surface area contributed by atoms with Crippen molar-refractivity contribution in [2.75, 3.05) is 0 Å². The SMILES string of the molecule is CC[C@H](N)c1ccc(F)c(Cl)c1F. The van der Waals surface area contributed by atoms with Crippen LogP contribution in [0.1, 0.15) is 24.9 Å². The Hall–Kier alpha value is -0.670. The molecule has 0 fully saturated rings. The number of nitrogens with two attached hydrogens (primary N) is 1. The first kappa shape index (κ1) is 10.4. The maximum Gasteiger partial charge on any atom is 0.149 e. The van der Waals surface area contributed by atoms with E-state index < -0.39 is 22.7 Å². The van der Waals surface area contributed by atoms with Gasteiger partial charge in [0, 0.05) is 11.6 Å². The lowest BCUT2D eigenvalue weighted by Crippen LogP contribution is -2.11. The maximum absolute atomic E-state index is 13.2. The Morgan fingerprint density at radius 2 is 2.08 bits per heavy atom. The molecule has 72 valence electrons. The molecular formula is C9H10ClF2N. The molecular weight excluding hydrogens is 196 g/mol. The second-order valence-corrected chi connectivity index (χ2v) is 3.16. The molecule has 2 N–H and O–H groups in total. The molecule has 0 amide bonds. The smallest absolute Gasteiger partial charge is 0.149 e. The van der Waals surface area contributed by atoms with Crippen LogP contribution < -0.4 is 5.73 Å². The topological polar surface area (TPSA) is 26.0 Å². The average molecular weight is 206 g/mol. The van der Waals surface area contributed by atoms with Crippen LogP contribution in [-0.2, 0) is 0 Å². The van der Waals surface area contributed by atoms with Crippen molar-refractivity contribution >= 4 is 11.6 Å².